The first-order valence-corrected chi connectivity index (χ1v) is 4.47. The van der Waals surface area contributed by atoms with Gasteiger partial charge in [-0.25, -0.2) is 4.98 Å². The predicted molar refractivity (Wildman–Crippen MR) is 47.6 cm³/mol. The third kappa shape index (κ3) is 2.29. The van der Waals surface area contributed by atoms with E-state index >= 15 is 0 Å². The van der Waals surface area contributed by atoms with Crippen LogP contribution in [0.3, 0.4) is 0 Å². The number of hydrogen-bond acceptors (Lipinski definition) is 2. The van der Waals surface area contributed by atoms with Gasteiger partial charge in [-0.1, -0.05) is 6.92 Å². The number of imidazole rings is 1. The van der Waals surface area contributed by atoms with E-state index in [2.05, 4.69) is 16.6 Å². The van der Waals surface area contributed by atoms with Crippen LogP contribution in [0.15, 0.2) is 12.4 Å². The molecule has 0 saturated heterocycles. The highest BCUT2D eigenvalue weighted by Crippen LogP contribution is 2.23. The second-order valence-electron chi connectivity index (χ2n) is 2.77. The summed E-state index contributed by atoms with van der Waals surface area (Å²) in [6, 6.07) is 0. The summed E-state index contributed by atoms with van der Waals surface area (Å²) in [5.74, 6) is -1.76. The lowest BCUT2D eigenvalue weighted by Crippen LogP contribution is -2.25. The topological polar surface area (TPSA) is 34.9 Å². The molecule has 6 heteroatoms. The van der Waals surface area contributed by atoms with Crippen molar-refractivity contribution >= 4 is 17.4 Å². The maximum Gasteiger partial charge on any atom is 0.388 e. The zero-order chi connectivity index (χ0) is 10.8. The van der Waals surface area contributed by atoms with Crippen molar-refractivity contribution in [1.29, 1.82) is 0 Å². The summed E-state index contributed by atoms with van der Waals surface area (Å²) < 4.78 is 26.3. The number of halogens is 3. The zero-order valence-corrected chi connectivity index (χ0v) is 8.26. The van der Waals surface area contributed by atoms with Crippen LogP contribution in [-0.4, -0.2) is 20.7 Å². The largest absolute Gasteiger partial charge is 0.388 e. The maximum atomic E-state index is 12.5. The average Bonchev–Trinajstić information content (AvgIpc) is 2.50. The summed E-state index contributed by atoms with van der Waals surface area (Å²) in [5.41, 5.74) is 0. The Morgan fingerprint density at radius 3 is 2.86 bits per heavy atom. The van der Waals surface area contributed by atoms with Gasteiger partial charge in [-0.2, -0.15) is 8.78 Å². The van der Waals surface area contributed by atoms with Crippen LogP contribution >= 0.6 is 11.6 Å². The number of carbonyl (C=O) groups is 1. The lowest BCUT2D eigenvalue weighted by molar-refractivity contribution is 0.0519. The van der Waals surface area contributed by atoms with Gasteiger partial charge < -0.3 is 4.57 Å². The first-order valence-electron chi connectivity index (χ1n) is 4.09. The summed E-state index contributed by atoms with van der Waals surface area (Å²) in [4.78, 5) is 14.6. The second-order valence-corrected chi connectivity index (χ2v) is 3.25. The molecule has 0 aromatic carbocycles. The van der Waals surface area contributed by atoms with Crippen molar-refractivity contribution in [1.82, 2.24) is 9.55 Å². The van der Waals surface area contributed by atoms with E-state index in [0.717, 1.165) is 6.42 Å². The predicted octanol–water partition coefficient (Wildman–Crippen LogP) is 2.31. The Labute approximate surface area is 84.7 Å². The molecule has 0 amide bonds. The molecular formula is C8H9ClF2N2O. The molecule has 0 bridgehead atoms. The number of aromatic nitrogens is 2. The average molecular weight is 223 g/mol. The van der Waals surface area contributed by atoms with Crippen molar-refractivity contribution in [3.05, 3.63) is 18.2 Å². The number of rotatable bonds is 4. The van der Waals surface area contributed by atoms with Gasteiger partial charge in [0.25, 0.3) is 5.78 Å². The Kier molecular flexibility index (Phi) is 3.21. The molecule has 14 heavy (non-hydrogen) atoms. The van der Waals surface area contributed by atoms with Crippen LogP contribution in [0.2, 0.25) is 0 Å². The number of carbonyl (C=O) groups excluding carboxylic acids is 1. The van der Waals surface area contributed by atoms with Crippen molar-refractivity contribution in [2.75, 3.05) is 0 Å². The Bertz CT molecular complexity index is 332. The second kappa shape index (κ2) is 4.04. The van der Waals surface area contributed by atoms with Gasteiger partial charge in [0.05, 0.1) is 0 Å². The van der Waals surface area contributed by atoms with E-state index in [1.165, 1.54) is 17.0 Å². The minimum Gasteiger partial charge on any atom is -0.328 e. The third-order valence-electron chi connectivity index (χ3n) is 1.64. The molecule has 0 aliphatic carbocycles. The van der Waals surface area contributed by atoms with Crippen LogP contribution in [0, 0.1) is 0 Å². The lowest BCUT2D eigenvalue weighted by Gasteiger charge is -2.08. The highest BCUT2D eigenvalue weighted by atomic mass is 35.5. The van der Waals surface area contributed by atoms with Gasteiger partial charge in [0.15, 0.2) is 5.82 Å². The minimum absolute atomic E-state index is 0.299. The van der Waals surface area contributed by atoms with Gasteiger partial charge in [0, 0.05) is 18.9 Å². The number of alkyl halides is 3. The molecule has 1 aromatic rings. The van der Waals surface area contributed by atoms with Crippen LogP contribution in [0.1, 0.15) is 24.0 Å². The molecule has 0 unspecified atom stereocenters. The van der Waals surface area contributed by atoms with Crippen LogP contribution in [-0.2, 0) is 6.54 Å². The molecule has 0 spiro atoms. The normalized spacial score (nSPS) is 11.7. The SMILES string of the molecule is CCCn1ccnc1C(=O)C(F)(F)Cl. The summed E-state index contributed by atoms with van der Waals surface area (Å²) in [5, 5.41) is -3.88. The molecule has 0 aliphatic heterocycles. The molecule has 78 valence electrons. The lowest BCUT2D eigenvalue weighted by atomic mass is 10.3. The number of aryl methyl sites for hydroxylation is 1. The first kappa shape index (κ1) is 11.1. The molecule has 3 nitrogen and oxygen atoms in total. The van der Waals surface area contributed by atoms with Gasteiger partial charge in [0.1, 0.15) is 0 Å². The van der Waals surface area contributed by atoms with Crippen LogP contribution in [0.25, 0.3) is 0 Å². The Morgan fingerprint density at radius 1 is 1.71 bits per heavy atom. The van der Waals surface area contributed by atoms with Gasteiger partial charge in [-0.15, -0.1) is 0 Å². The van der Waals surface area contributed by atoms with E-state index in [0.29, 0.717) is 6.54 Å². The van der Waals surface area contributed by atoms with Gasteiger partial charge >= 0.3 is 5.38 Å². The quantitative estimate of drug-likeness (QED) is 0.579. The van der Waals surface area contributed by atoms with Crippen molar-refractivity contribution in [2.24, 2.45) is 0 Å². The van der Waals surface area contributed by atoms with Gasteiger partial charge in [-0.3, -0.25) is 4.79 Å². The first-order chi connectivity index (χ1) is 6.46. The summed E-state index contributed by atoms with van der Waals surface area (Å²) in [6.45, 7) is 2.33. The molecule has 0 aliphatic rings. The summed E-state index contributed by atoms with van der Waals surface area (Å²) in [6.07, 6.45) is 3.50. The molecule has 0 fully saturated rings. The van der Waals surface area contributed by atoms with E-state index in [4.69, 9.17) is 0 Å². The van der Waals surface area contributed by atoms with Crippen molar-refractivity contribution in [3.8, 4) is 0 Å². The fourth-order valence-electron chi connectivity index (χ4n) is 1.07. The number of ketones is 1. The Morgan fingerprint density at radius 2 is 2.36 bits per heavy atom. The standard InChI is InChI=1S/C8H9ClF2N2O/c1-2-4-13-5-3-12-7(13)6(14)8(9,10)11/h3,5H,2,4H2,1H3. The molecule has 1 heterocycles. The Balaban J connectivity index is 2.95. The highest BCUT2D eigenvalue weighted by Gasteiger charge is 2.39. The number of nitrogens with zero attached hydrogens (tertiary/aromatic N) is 2. The fourth-order valence-corrected chi connectivity index (χ4v) is 1.15. The Hall–Kier alpha value is -0.970. The van der Waals surface area contributed by atoms with E-state index in [1.807, 2.05) is 6.92 Å². The molecular weight excluding hydrogens is 214 g/mol. The zero-order valence-electron chi connectivity index (χ0n) is 7.51. The van der Waals surface area contributed by atoms with E-state index in [9.17, 15) is 13.6 Å². The van der Waals surface area contributed by atoms with Crippen molar-refractivity contribution in [2.45, 2.75) is 25.3 Å². The van der Waals surface area contributed by atoms with E-state index in [-0.39, 0.29) is 5.82 Å². The molecule has 0 N–H and O–H groups in total. The van der Waals surface area contributed by atoms with Crippen molar-refractivity contribution in [3.63, 3.8) is 0 Å². The summed E-state index contributed by atoms with van der Waals surface area (Å²) in [7, 11) is 0. The fraction of sp³-hybridized carbons (Fsp3) is 0.500. The third-order valence-corrected chi connectivity index (χ3v) is 1.81. The molecule has 0 saturated carbocycles. The smallest absolute Gasteiger partial charge is 0.328 e. The van der Waals surface area contributed by atoms with Gasteiger partial charge in [-0.05, 0) is 18.0 Å². The van der Waals surface area contributed by atoms with Crippen LogP contribution < -0.4 is 0 Å². The van der Waals surface area contributed by atoms with Crippen molar-refractivity contribution < 1.29 is 13.6 Å². The van der Waals surface area contributed by atoms with Crippen LogP contribution in [0.5, 0.6) is 0 Å². The summed E-state index contributed by atoms with van der Waals surface area (Å²) >= 11 is 4.61. The molecule has 1 aromatic heterocycles. The number of Topliss-reactive ketones (excluding diaryl/α,β-unsaturated/α-hetero) is 1. The molecule has 0 atom stereocenters. The van der Waals surface area contributed by atoms with Crippen LogP contribution in [0.4, 0.5) is 8.78 Å². The maximum absolute atomic E-state index is 12.5. The minimum atomic E-state index is -3.88. The molecule has 1 rings (SSSR count). The van der Waals surface area contributed by atoms with E-state index < -0.39 is 11.2 Å². The monoisotopic (exact) mass is 222 g/mol. The van der Waals surface area contributed by atoms with E-state index in [1.54, 1.807) is 0 Å². The highest BCUT2D eigenvalue weighted by molar-refractivity contribution is 6.34. The van der Waals surface area contributed by atoms with Gasteiger partial charge in [0.2, 0.25) is 0 Å². The molecule has 0 radical (unpaired) electrons. The number of hydrogen-bond donors (Lipinski definition) is 0.